The van der Waals surface area contributed by atoms with E-state index < -0.39 is 40.2 Å². The van der Waals surface area contributed by atoms with Gasteiger partial charge in [-0.2, -0.15) is 13.2 Å². The summed E-state index contributed by atoms with van der Waals surface area (Å²) in [6.45, 7) is -0.825. The van der Waals surface area contributed by atoms with Crippen LogP contribution in [0.2, 0.25) is 5.02 Å². The molecule has 0 radical (unpaired) electrons. The number of carbonyl (C=O) groups excluding carboxylic acids is 2. The Morgan fingerprint density at radius 1 is 1.14 bits per heavy atom. The van der Waals surface area contributed by atoms with E-state index in [0.717, 1.165) is 24.3 Å². The van der Waals surface area contributed by atoms with Crippen LogP contribution in [0.1, 0.15) is 15.9 Å². The number of esters is 1. The third-order valence-electron chi connectivity index (χ3n) is 3.54. The molecule has 1 amide bonds. The zero-order chi connectivity index (χ0) is 21.8. The lowest BCUT2D eigenvalue weighted by Gasteiger charge is -2.11. The first-order valence-electron chi connectivity index (χ1n) is 7.81. The molecule has 29 heavy (non-hydrogen) atoms. The number of nitrogens with one attached hydrogen (secondary N) is 2. The van der Waals surface area contributed by atoms with Crippen molar-refractivity contribution in [2.24, 2.45) is 0 Å². The molecule has 0 saturated heterocycles. The number of hydrogen-bond acceptors (Lipinski definition) is 5. The highest BCUT2D eigenvalue weighted by Crippen LogP contribution is 2.30. The first-order chi connectivity index (χ1) is 13.4. The number of sulfonamides is 1. The molecular formula is C17H14ClF3N2O5S. The second-order valence-corrected chi connectivity index (χ2v) is 7.85. The number of alkyl halides is 3. The molecule has 0 heterocycles. The number of amides is 1. The maximum atomic E-state index is 12.7. The van der Waals surface area contributed by atoms with Gasteiger partial charge in [-0.3, -0.25) is 4.79 Å². The summed E-state index contributed by atoms with van der Waals surface area (Å²) in [5.41, 5.74) is -1.39. The Labute approximate surface area is 168 Å². The third-order valence-corrected chi connectivity index (χ3v) is 5.29. The number of anilines is 1. The van der Waals surface area contributed by atoms with Crippen molar-refractivity contribution in [2.75, 3.05) is 19.0 Å². The summed E-state index contributed by atoms with van der Waals surface area (Å²) in [6, 6.07) is 7.22. The molecule has 0 unspecified atom stereocenters. The molecule has 0 aromatic heterocycles. The van der Waals surface area contributed by atoms with Crippen molar-refractivity contribution in [3.63, 3.8) is 0 Å². The number of halogens is 4. The monoisotopic (exact) mass is 450 g/mol. The fourth-order valence-corrected chi connectivity index (χ4v) is 3.08. The fraction of sp³-hybridized carbons (Fsp3) is 0.176. The van der Waals surface area contributed by atoms with Gasteiger partial charge in [0.25, 0.3) is 5.91 Å². The summed E-state index contributed by atoms with van der Waals surface area (Å²) in [5.74, 6) is -1.98. The van der Waals surface area contributed by atoms with Crippen LogP contribution >= 0.6 is 11.6 Å². The first kappa shape index (κ1) is 22.7. The second kappa shape index (κ2) is 8.80. The van der Waals surface area contributed by atoms with Crippen LogP contribution in [0.5, 0.6) is 0 Å². The van der Waals surface area contributed by atoms with E-state index in [2.05, 4.69) is 10.0 Å². The second-order valence-electron chi connectivity index (χ2n) is 5.55. The Morgan fingerprint density at radius 2 is 1.83 bits per heavy atom. The summed E-state index contributed by atoms with van der Waals surface area (Å²) < 4.78 is 68.5. The van der Waals surface area contributed by atoms with Gasteiger partial charge in [0.05, 0.1) is 21.0 Å². The van der Waals surface area contributed by atoms with Crippen molar-refractivity contribution in [3.05, 3.63) is 58.6 Å². The van der Waals surface area contributed by atoms with E-state index in [0.29, 0.717) is 0 Å². The highest BCUT2D eigenvalue weighted by molar-refractivity contribution is 7.89. The van der Waals surface area contributed by atoms with Gasteiger partial charge in [0.15, 0.2) is 6.61 Å². The number of benzene rings is 2. The van der Waals surface area contributed by atoms with Gasteiger partial charge in [-0.1, -0.05) is 17.7 Å². The average molecular weight is 451 g/mol. The van der Waals surface area contributed by atoms with Crippen LogP contribution in [0, 0.1) is 0 Å². The number of ether oxygens (including phenoxy) is 1. The summed E-state index contributed by atoms with van der Waals surface area (Å²) in [6.07, 6.45) is -4.58. The summed E-state index contributed by atoms with van der Waals surface area (Å²) >= 11 is 5.87. The first-order valence-corrected chi connectivity index (χ1v) is 9.67. The van der Waals surface area contributed by atoms with Gasteiger partial charge >= 0.3 is 12.1 Å². The minimum absolute atomic E-state index is 0.108. The van der Waals surface area contributed by atoms with Crippen molar-refractivity contribution >= 4 is 39.2 Å². The third kappa shape index (κ3) is 5.92. The van der Waals surface area contributed by atoms with Gasteiger partial charge in [0.1, 0.15) is 0 Å². The molecule has 0 aliphatic carbocycles. The van der Waals surface area contributed by atoms with Crippen LogP contribution in [-0.4, -0.2) is 33.9 Å². The van der Waals surface area contributed by atoms with Crippen LogP contribution in [0.25, 0.3) is 0 Å². The van der Waals surface area contributed by atoms with Crippen molar-refractivity contribution < 1.29 is 35.9 Å². The lowest BCUT2D eigenvalue weighted by molar-refractivity contribution is -0.137. The van der Waals surface area contributed by atoms with Crippen molar-refractivity contribution in [3.8, 4) is 0 Å². The van der Waals surface area contributed by atoms with Crippen LogP contribution in [0.3, 0.4) is 0 Å². The Morgan fingerprint density at radius 3 is 2.45 bits per heavy atom. The van der Waals surface area contributed by atoms with Gasteiger partial charge < -0.3 is 10.1 Å². The van der Waals surface area contributed by atoms with Crippen LogP contribution in [0.15, 0.2) is 47.4 Å². The molecule has 2 aromatic rings. The molecular weight excluding hydrogens is 437 g/mol. The summed E-state index contributed by atoms with van der Waals surface area (Å²) in [4.78, 5) is 23.7. The van der Waals surface area contributed by atoms with Gasteiger partial charge in [-0.15, -0.1) is 0 Å². The van der Waals surface area contributed by atoms with E-state index in [1.807, 2.05) is 0 Å². The van der Waals surface area contributed by atoms with E-state index >= 15 is 0 Å². The molecule has 0 bridgehead atoms. The normalized spacial score (nSPS) is 11.8. The van der Waals surface area contributed by atoms with Gasteiger partial charge in [-0.25, -0.2) is 17.9 Å². The molecule has 156 valence electrons. The lowest BCUT2D eigenvalue weighted by Crippen LogP contribution is -2.22. The maximum Gasteiger partial charge on any atom is 0.416 e. The van der Waals surface area contributed by atoms with Crippen LogP contribution in [-0.2, 0) is 25.7 Å². The lowest BCUT2D eigenvalue weighted by atomic mass is 10.2. The molecule has 0 fully saturated rings. The smallest absolute Gasteiger partial charge is 0.416 e. The van der Waals surface area contributed by atoms with Crippen LogP contribution < -0.4 is 10.0 Å². The molecule has 0 atom stereocenters. The number of carbonyl (C=O) groups is 2. The topological polar surface area (TPSA) is 102 Å². The molecule has 0 saturated carbocycles. The number of hydrogen-bond donors (Lipinski definition) is 2. The molecule has 2 aromatic carbocycles. The highest BCUT2D eigenvalue weighted by atomic mass is 35.5. The number of rotatable bonds is 6. The minimum Gasteiger partial charge on any atom is -0.452 e. The zero-order valence-corrected chi connectivity index (χ0v) is 16.3. The molecule has 0 aliphatic heterocycles. The maximum absolute atomic E-state index is 12.7. The van der Waals surface area contributed by atoms with E-state index in [-0.39, 0.29) is 21.2 Å². The fourth-order valence-electron chi connectivity index (χ4n) is 2.13. The summed E-state index contributed by atoms with van der Waals surface area (Å²) in [5, 5.41) is 2.06. The van der Waals surface area contributed by atoms with E-state index in [4.69, 9.17) is 16.3 Å². The predicted molar refractivity (Wildman–Crippen MR) is 98.1 cm³/mol. The zero-order valence-electron chi connectivity index (χ0n) is 14.7. The quantitative estimate of drug-likeness (QED) is 0.659. The minimum atomic E-state index is -4.58. The Balaban J connectivity index is 2.06. The van der Waals surface area contributed by atoms with Crippen molar-refractivity contribution in [1.29, 1.82) is 0 Å². The van der Waals surface area contributed by atoms with E-state index in [1.54, 1.807) is 0 Å². The standard InChI is InChI=1S/C17H14ClF3N2O5S/c1-22-29(26,27)12-5-6-14(18)13(8-12)16(25)28-9-15(24)23-11-4-2-3-10(7-11)17(19,20)21/h2-8,22H,9H2,1H3,(H,23,24). The Kier molecular flexibility index (Phi) is 6.88. The van der Waals surface area contributed by atoms with E-state index in [9.17, 15) is 31.2 Å². The average Bonchev–Trinajstić information content (AvgIpc) is 2.66. The van der Waals surface area contributed by atoms with Gasteiger partial charge in [0, 0.05) is 5.69 Å². The molecule has 0 aliphatic rings. The molecule has 7 nitrogen and oxygen atoms in total. The SMILES string of the molecule is CNS(=O)(=O)c1ccc(Cl)c(C(=O)OCC(=O)Nc2cccc(C(F)(F)F)c2)c1. The Bertz CT molecular complexity index is 1040. The van der Waals surface area contributed by atoms with Crippen molar-refractivity contribution in [2.45, 2.75) is 11.1 Å². The molecule has 0 spiro atoms. The Hall–Kier alpha value is -2.63. The van der Waals surface area contributed by atoms with Crippen LogP contribution in [0.4, 0.5) is 18.9 Å². The van der Waals surface area contributed by atoms with Crippen molar-refractivity contribution in [1.82, 2.24) is 4.72 Å². The van der Waals surface area contributed by atoms with E-state index in [1.165, 1.54) is 25.2 Å². The summed E-state index contributed by atoms with van der Waals surface area (Å²) in [7, 11) is -2.67. The van der Waals surface area contributed by atoms with Gasteiger partial charge in [-0.05, 0) is 43.4 Å². The van der Waals surface area contributed by atoms with Gasteiger partial charge in [0.2, 0.25) is 10.0 Å². The molecule has 2 N–H and O–H groups in total. The predicted octanol–water partition coefficient (Wildman–Crippen LogP) is 3.06. The molecule has 2 rings (SSSR count). The molecule has 12 heteroatoms. The largest absolute Gasteiger partial charge is 0.452 e. The highest BCUT2D eigenvalue weighted by Gasteiger charge is 2.30.